The first-order chi connectivity index (χ1) is 5.35. The van der Waals surface area contributed by atoms with E-state index in [1.807, 2.05) is 31.2 Å². The van der Waals surface area contributed by atoms with Crippen LogP contribution in [0.3, 0.4) is 0 Å². The zero-order valence-corrected chi connectivity index (χ0v) is 7.13. The van der Waals surface area contributed by atoms with Gasteiger partial charge < -0.3 is 4.74 Å². The molecule has 60 valence electrons. The van der Waals surface area contributed by atoms with Gasteiger partial charge in [-0.15, -0.1) is 0 Å². The van der Waals surface area contributed by atoms with E-state index in [9.17, 15) is 0 Å². The van der Waals surface area contributed by atoms with E-state index in [1.54, 1.807) is 7.11 Å². The molecule has 0 heterocycles. The Hall–Kier alpha value is -0.980. The Morgan fingerprint density at radius 2 is 1.91 bits per heavy atom. The predicted molar refractivity (Wildman–Crippen MR) is 47.5 cm³/mol. The molecule has 0 saturated heterocycles. The first kappa shape index (κ1) is 10.0. The molecule has 0 aliphatic rings. The Balaban J connectivity index is 0.000000292. The van der Waals surface area contributed by atoms with Crippen LogP contribution >= 0.6 is 0 Å². The van der Waals surface area contributed by atoms with Gasteiger partial charge in [0.05, 0.1) is 7.11 Å². The SMILES string of the molecule is COc1cc[c]cc1.[CH2]CC. The summed E-state index contributed by atoms with van der Waals surface area (Å²) in [5, 5.41) is 0. The quantitative estimate of drug-likeness (QED) is 0.598. The van der Waals surface area contributed by atoms with Crippen LogP contribution in [-0.2, 0) is 0 Å². The minimum Gasteiger partial charge on any atom is -0.497 e. The number of methoxy groups -OCH3 is 1. The van der Waals surface area contributed by atoms with Gasteiger partial charge in [-0.2, -0.15) is 0 Å². The molecule has 0 bridgehead atoms. The summed E-state index contributed by atoms with van der Waals surface area (Å²) in [5.74, 6) is 0.878. The van der Waals surface area contributed by atoms with Crippen molar-refractivity contribution in [2.45, 2.75) is 13.3 Å². The summed E-state index contributed by atoms with van der Waals surface area (Å²) >= 11 is 0. The third-order valence-electron chi connectivity index (χ3n) is 0.923. The van der Waals surface area contributed by atoms with Crippen molar-refractivity contribution in [2.75, 3.05) is 7.11 Å². The molecule has 1 nitrogen and oxygen atoms in total. The molecule has 0 aromatic heterocycles. The van der Waals surface area contributed by atoms with E-state index in [-0.39, 0.29) is 0 Å². The van der Waals surface area contributed by atoms with Gasteiger partial charge in [0.1, 0.15) is 5.75 Å². The van der Waals surface area contributed by atoms with Crippen LogP contribution in [0.25, 0.3) is 0 Å². The van der Waals surface area contributed by atoms with Gasteiger partial charge in [-0.3, -0.25) is 0 Å². The third kappa shape index (κ3) is 5.46. The summed E-state index contributed by atoms with van der Waals surface area (Å²) < 4.78 is 4.89. The van der Waals surface area contributed by atoms with Gasteiger partial charge >= 0.3 is 0 Å². The molecule has 0 atom stereocenters. The van der Waals surface area contributed by atoms with Crippen molar-refractivity contribution in [2.24, 2.45) is 0 Å². The Morgan fingerprint density at radius 1 is 1.45 bits per heavy atom. The molecular formula is C10H14O. The summed E-state index contributed by atoms with van der Waals surface area (Å²) in [6, 6.07) is 10.2. The molecule has 1 rings (SSSR count). The molecule has 1 aromatic carbocycles. The molecule has 1 aromatic rings. The molecule has 0 N–H and O–H groups in total. The smallest absolute Gasteiger partial charge is 0.118 e. The Bertz CT molecular complexity index is 158. The second kappa shape index (κ2) is 7.13. The molecule has 11 heavy (non-hydrogen) atoms. The lowest BCUT2D eigenvalue weighted by atomic mass is 10.3. The van der Waals surface area contributed by atoms with Crippen LogP contribution in [-0.4, -0.2) is 7.11 Å². The van der Waals surface area contributed by atoms with Crippen LogP contribution in [0.2, 0.25) is 0 Å². The topological polar surface area (TPSA) is 9.23 Å². The maximum absolute atomic E-state index is 4.89. The normalized spacial score (nSPS) is 7.91. The average Bonchev–Trinajstić information content (AvgIpc) is 2.08. The average molecular weight is 150 g/mol. The van der Waals surface area contributed by atoms with E-state index in [4.69, 9.17) is 4.74 Å². The number of rotatable bonds is 1. The summed E-state index contributed by atoms with van der Waals surface area (Å²) in [7, 11) is 1.65. The van der Waals surface area contributed by atoms with Gasteiger partial charge in [0.2, 0.25) is 0 Å². The van der Waals surface area contributed by atoms with E-state index in [2.05, 4.69) is 13.0 Å². The second-order valence-electron chi connectivity index (χ2n) is 1.94. The highest BCUT2D eigenvalue weighted by molar-refractivity contribution is 5.19. The van der Waals surface area contributed by atoms with Crippen molar-refractivity contribution in [3.8, 4) is 5.75 Å². The number of benzene rings is 1. The Labute approximate surface area is 69.0 Å². The fraction of sp³-hybridized carbons (Fsp3) is 0.300. The molecule has 0 unspecified atom stereocenters. The molecule has 2 radical (unpaired) electrons. The minimum atomic E-state index is 0.878. The molecule has 0 saturated carbocycles. The van der Waals surface area contributed by atoms with Crippen LogP contribution in [0.15, 0.2) is 24.3 Å². The summed E-state index contributed by atoms with van der Waals surface area (Å²) in [4.78, 5) is 0. The third-order valence-corrected chi connectivity index (χ3v) is 0.923. The van der Waals surface area contributed by atoms with Crippen molar-refractivity contribution in [3.05, 3.63) is 37.3 Å². The largest absolute Gasteiger partial charge is 0.497 e. The van der Waals surface area contributed by atoms with Gasteiger partial charge in [0.15, 0.2) is 0 Å². The fourth-order valence-electron chi connectivity index (χ4n) is 0.508. The molecule has 0 aliphatic heterocycles. The van der Waals surface area contributed by atoms with Crippen molar-refractivity contribution in [1.29, 1.82) is 0 Å². The first-order valence-electron chi connectivity index (χ1n) is 3.64. The van der Waals surface area contributed by atoms with Gasteiger partial charge in [0, 0.05) is 0 Å². The molecule has 0 aliphatic carbocycles. The summed E-state index contributed by atoms with van der Waals surface area (Å²) in [6.07, 6.45) is 1.00. The zero-order valence-electron chi connectivity index (χ0n) is 7.13. The lowest BCUT2D eigenvalue weighted by Crippen LogP contribution is -1.78. The highest BCUT2D eigenvalue weighted by Gasteiger charge is 1.80. The first-order valence-corrected chi connectivity index (χ1v) is 3.64. The van der Waals surface area contributed by atoms with Gasteiger partial charge in [0.25, 0.3) is 0 Å². The molecule has 0 amide bonds. The number of hydrogen-bond acceptors (Lipinski definition) is 1. The Kier molecular flexibility index (Phi) is 6.50. The Morgan fingerprint density at radius 3 is 2.18 bits per heavy atom. The summed E-state index contributed by atoms with van der Waals surface area (Å²) in [5.41, 5.74) is 0. The fourth-order valence-corrected chi connectivity index (χ4v) is 0.508. The van der Waals surface area contributed by atoms with Crippen molar-refractivity contribution in [3.63, 3.8) is 0 Å². The highest BCUT2D eigenvalue weighted by Crippen LogP contribution is 2.05. The zero-order chi connectivity index (χ0) is 8.53. The second-order valence-corrected chi connectivity index (χ2v) is 1.94. The maximum Gasteiger partial charge on any atom is 0.118 e. The monoisotopic (exact) mass is 150 g/mol. The lowest BCUT2D eigenvalue weighted by Gasteiger charge is -1.93. The van der Waals surface area contributed by atoms with E-state index in [1.165, 1.54) is 0 Å². The molecule has 0 spiro atoms. The van der Waals surface area contributed by atoms with Crippen LogP contribution < -0.4 is 4.74 Å². The number of ether oxygens (including phenoxy) is 1. The van der Waals surface area contributed by atoms with E-state index >= 15 is 0 Å². The van der Waals surface area contributed by atoms with Gasteiger partial charge in [-0.25, -0.2) is 0 Å². The molecule has 1 heteroatoms. The molecule has 0 fully saturated rings. The minimum absolute atomic E-state index is 0.878. The van der Waals surface area contributed by atoms with E-state index < -0.39 is 0 Å². The summed E-state index contributed by atoms with van der Waals surface area (Å²) in [6.45, 7) is 5.50. The van der Waals surface area contributed by atoms with E-state index in [0.717, 1.165) is 12.2 Å². The maximum atomic E-state index is 4.89. The van der Waals surface area contributed by atoms with Crippen LogP contribution in [0.1, 0.15) is 13.3 Å². The van der Waals surface area contributed by atoms with Crippen LogP contribution in [0.5, 0.6) is 5.75 Å². The standard InChI is InChI=1S/C7H7O.C3H7/c1-8-7-5-3-2-4-6-7;1-3-2/h3-6H,1H3;1,3H2,2H3. The van der Waals surface area contributed by atoms with Crippen molar-refractivity contribution in [1.82, 2.24) is 0 Å². The predicted octanol–water partition coefficient (Wildman–Crippen LogP) is 2.73. The highest BCUT2D eigenvalue weighted by atomic mass is 16.5. The lowest BCUT2D eigenvalue weighted by molar-refractivity contribution is 0.415. The van der Waals surface area contributed by atoms with Crippen molar-refractivity contribution >= 4 is 0 Å². The van der Waals surface area contributed by atoms with Crippen LogP contribution in [0, 0.1) is 13.0 Å². The van der Waals surface area contributed by atoms with Crippen molar-refractivity contribution < 1.29 is 4.74 Å². The van der Waals surface area contributed by atoms with E-state index in [0.29, 0.717) is 0 Å². The van der Waals surface area contributed by atoms with Gasteiger partial charge in [-0.05, 0) is 18.2 Å². The molecular weight excluding hydrogens is 136 g/mol. The van der Waals surface area contributed by atoms with Crippen LogP contribution in [0.4, 0.5) is 0 Å². The number of hydrogen-bond donors (Lipinski definition) is 0. The van der Waals surface area contributed by atoms with Gasteiger partial charge in [-0.1, -0.05) is 32.4 Å².